The van der Waals surface area contributed by atoms with Crippen LogP contribution in [-0.2, 0) is 6.42 Å². The molecule has 14 heavy (non-hydrogen) atoms. The molecule has 1 atom stereocenters. The normalized spacial score (nSPS) is 22.4. The van der Waals surface area contributed by atoms with Crippen molar-refractivity contribution >= 4 is 11.3 Å². The van der Waals surface area contributed by atoms with E-state index >= 15 is 0 Å². The summed E-state index contributed by atoms with van der Waals surface area (Å²) in [6.07, 6.45) is 5.66. The Kier molecular flexibility index (Phi) is 2.93. The smallest absolute Gasteiger partial charge is 0.0641 e. The third-order valence-corrected chi connectivity index (χ3v) is 4.42. The van der Waals surface area contributed by atoms with Crippen LogP contribution in [0.3, 0.4) is 0 Å². The largest absolute Gasteiger partial charge is 0.392 e. The maximum absolute atomic E-state index is 10.2. The van der Waals surface area contributed by atoms with Gasteiger partial charge in [-0.15, -0.1) is 11.3 Å². The average Bonchev–Trinajstić information content (AvgIpc) is 2.76. The summed E-state index contributed by atoms with van der Waals surface area (Å²) in [5.41, 5.74) is 0.185. The number of hydrogen-bond acceptors (Lipinski definition) is 2. The van der Waals surface area contributed by atoms with Crippen molar-refractivity contribution in [2.24, 2.45) is 5.41 Å². The quantitative estimate of drug-likeness (QED) is 0.812. The van der Waals surface area contributed by atoms with Crippen LogP contribution in [0.5, 0.6) is 0 Å². The van der Waals surface area contributed by atoms with Gasteiger partial charge in [0.05, 0.1) is 6.10 Å². The number of thiophene rings is 1. The zero-order chi connectivity index (χ0) is 10.0. The highest BCUT2D eigenvalue weighted by Gasteiger charge is 2.35. The molecule has 1 aromatic heterocycles. The minimum atomic E-state index is -0.149. The van der Waals surface area contributed by atoms with Gasteiger partial charge in [-0.25, -0.2) is 0 Å². The summed E-state index contributed by atoms with van der Waals surface area (Å²) >= 11 is 1.75. The fourth-order valence-corrected chi connectivity index (χ4v) is 3.12. The van der Waals surface area contributed by atoms with Crippen molar-refractivity contribution in [3.8, 4) is 0 Å². The topological polar surface area (TPSA) is 20.2 Å². The van der Waals surface area contributed by atoms with E-state index in [-0.39, 0.29) is 11.5 Å². The number of hydrogen-bond donors (Lipinski definition) is 1. The molecule has 1 nitrogen and oxygen atoms in total. The van der Waals surface area contributed by atoms with Crippen LogP contribution in [0.2, 0.25) is 0 Å². The lowest BCUT2D eigenvalue weighted by atomic mass is 9.81. The maximum atomic E-state index is 10.2. The van der Waals surface area contributed by atoms with Crippen LogP contribution in [0.1, 0.15) is 37.5 Å². The van der Waals surface area contributed by atoms with Gasteiger partial charge < -0.3 is 5.11 Å². The van der Waals surface area contributed by atoms with Crippen LogP contribution >= 0.6 is 11.3 Å². The summed E-state index contributed by atoms with van der Waals surface area (Å²) in [5.74, 6) is 0. The fraction of sp³-hybridized carbons (Fsp3) is 0.667. The third kappa shape index (κ3) is 2.01. The molecule has 1 N–H and O–H groups in total. The van der Waals surface area contributed by atoms with E-state index in [2.05, 4.69) is 24.4 Å². The van der Waals surface area contributed by atoms with Gasteiger partial charge in [0.15, 0.2) is 0 Å². The highest BCUT2D eigenvalue weighted by atomic mass is 32.1. The number of aliphatic hydroxyl groups excluding tert-OH is 1. The first-order valence-electron chi connectivity index (χ1n) is 5.41. The van der Waals surface area contributed by atoms with E-state index in [1.807, 2.05) is 0 Å². The minimum Gasteiger partial charge on any atom is -0.392 e. The molecule has 0 amide bonds. The summed E-state index contributed by atoms with van der Waals surface area (Å²) in [6.45, 7) is 2.23. The third-order valence-electron chi connectivity index (χ3n) is 3.52. The van der Waals surface area contributed by atoms with Crippen LogP contribution < -0.4 is 0 Å². The molecule has 0 aromatic carbocycles. The highest BCUT2D eigenvalue weighted by Crippen LogP contribution is 2.41. The Labute approximate surface area is 89.8 Å². The van der Waals surface area contributed by atoms with Gasteiger partial charge in [-0.2, -0.15) is 0 Å². The molecule has 1 aliphatic rings. The van der Waals surface area contributed by atoms with E-state index in [0.717, 1.165) is 6.42 Å². The van der Waals surface area contributed by atoms with E-state index < -0.39 is 0 Å². The monoisotopic (exact) mass is 210 g/mol. The Hall–Kier alpha value is -0.340. The molecule has 0 aliphatic heterocycles. The predicted molar refractivity (Wildman–Crippen MR) is 60.6 cm³/mol. The molecule has 2 heteroatoms. The van der Waals surface area contributed by atoms with Crippen molar-refractivity contribution in [3.63, 3.8) is 0 Å². The zero-order valence-corrected chi connectivity index (χ0v) is 9.52. The van der Waals surface area contributed by atoms with Crippen LogP contribution in [0, 0.1) is 5.41 Å². The lowest BCUT2D eigenvalue weighted by Gasteiger charge is -2.29. The van der Waals surface area contributed by atoms with E-state index in [4.69, 9.17) is 0 Å². The van der Waals surface area contributed by atoms with Crippen molar-refractivity contribution in [1.29, 1.82) is 0 Å². The molecule has 0 bridgehead atoms. The van der Waals surface area contributed by atoms with Crippen molar-refractivity contribution < 1.29 is 5.11 Å². The molecule has 1 saturated carbocycles. The van der Waals surface area contributed by atoms with E-state index in [1.165, 1.54) is 30.6 Å². The second kappa shape index (κ2) is 4.03. The Morgan fingerprint density at radius 3 is 2.79 bits per heavy atom. The summed E-state index contributed by atoms with van der Waals surface area (Å²) in [4.78, 5) is 1.31. The summed E-state index contributed by atoms with van der Waals surface area (Å²) in [7, 11) is 0. The highest BCUT2D eigenvalue weighted by molar-refractivity contribution is 7.09. The van der Waals surface area contributed by atoms with Crippen molar-refractivity contribution in [1.82, 2.24) is 0 Å². The van der Waals surface area contributed by atoms with Gasteiger partial charge in [-0.1, -0.05) is 25.8 Å². The van der Waals surface area contributed by atoms with Crippen LogP contribution in [0.4, 0.5) is 0 Å². The molecule has 1 heterocycles. The van der Waals surface area contributed by atoms with E-state index in [9.17, 15) is 5.11 Å². The maximum Gasteiger partial charge on any atom is 0.0641 e. The first-order valence-corrected chi connectivity index (χ1v) is 6.29. The lowest BCUT2D eigenvalue weighted by molar-refractivity contribution is 0.0430. The van der Waals surface area contributed by atoms with Gasteiger partial charge in [-0.3, -0.25) is 0 Å². The lowest BCUT2D eigenvalue weighted by Crippen LogP contribution is -2.31. The molecule has 1 fully saturated rings. The number of rotatable bonds is 3. The summed E-state index contributed by atoms with van der Waals surface area (Å²) < 4.78 is 0. The minimum absolute atomic E-state index is 0.149. The second-order valence-electron chi connectivity index (χ2n) is 4.66. The van der Waals surface area contributed by atoms with Crippen LogP contribution in [0.15, 0.2) is 17.5 Å². The Bertz CT molecular complexity index is 273. The first-order chi connectivity index (χ1) is 6.71. The standard InChI is InChI=1S/C12H18OS/c1-12(6-2-3-7-12)11(13)9-10-5-4-8-14-10/h4-5,8,11,13H,2-3,6-7,9H2,1H3. The molecule has 1 aliphatic carbocycles. The Balaban J connectivity index is 1.98. The van der Waals surface area contributed by atoms with Gasteiger partial charge in [-0.05, 0) is 29.7 Å². The van der Waals surface area contributed by atoms with Crippen LogP contribution in [-0.4, -0.2) is 11.2 Å². The molecule has 0 radical (unpaired) electrons. The average molecular weight is 210 g/mol. The van der Waals surface area contributed by atoms with Crippen molar-refractivity contribution in [2.45, 2.75) is 45.1 Å². The van der Waals surface area contributed by atoms with E-state index in [0.29, 0.717) is 0 Å². The van der Waals surface area contributed by atoms with Crippen molar-refractivity contribution in [2.75, 3.05) is 0 Å². The molecule has 1 aromatic rings. The second-order valence-corrected chi connectivity index (χ2v) is 5.69. The van der Waals surface area contributed by atoms with Crippen molar-refractivity contribution in [3.05, 3.63) is 22.4 Å². The van der Waals surface area contributed by atoms with Crippen LogP contribution in [0.25, 0.3) is 0 Å². The SMILES string of the molecule is CC1(C(O)Cc2cccs2)CCCC1. The Morgan fingerprint density at radius 1 is 1.50 bits per heavy atom. The molecule has 1 unspecified atom stereocenters. The molecule has 0 saturated heterocycles. The van der Waals surface area contributed by atoms with Gasteiger partial charge >= 0.3 is 0 Å². The summed E-state index contributed by atoms with van der Waals surface area (Å²) in [5, 5.41) is 12.3. The van der Waals surface area contributed by atoms with Gasteiger partial charge in [0.25, 0.3) is 0 Å². The molecule has 0 spiro atoms. The van der Waals surface area contributed by atoms with E-state index in [1.54, 1.807) is 11.3 Å². The molecular formula is C12H18OS. The summed E-state index contributed by atoms with van der Waals surface area (Å²) in [6, 6.07) is 4.18. The fourth-order valence-electron chi connectivity index (χ4n) is 2.38. The molecular weight excluding hydrogens is 192 g/mol. The molecule has 78 valence electrons. The van der Waals surface area contributed by atoms with Gasteiger partial charge in [0, 0.05) is 11.3 Å². The van der Waals surface area contributed by atoms with Gasteiger partial charge in [0.1, 0.15) is 0 Å². The Morgan fingerprint density at radius 2 is 2.21 bits per heavy atom. The zero-order valence-electron chi connectivity index (χ0n) is 8.70. The number of aliphatic hydroxyl groups is 1. The molecule has 2 rings (SSSR count). The predicted octanol–water partition coefficient (Wildman–Crippen LogP) is 3.23. The first kappa shape index (κ1) is 10.2. The van der Waals surface area contributed by atoms with Gasteiger partial charge in [0.2, 0.25) is 0 Å².